The first-order valence-corrected chi connectivity index (χ1v) is 4.50. The molecular formula is C10H14O3. The smallest absolute Gasteiger partial charge is 0.320 e. The van der Waals surface area contributed by atoms with Gasteiger partial charge in [-0.25, -0.2) is 0 Å². The minimum atomic E-state index is -0.604. The van der Waals surface area contributed by atoms with Crippen molar-refractivity contribution < 1.29 is 14.3 Å². The lowest BCUT2D eigenvalue weighted by atomic mass is 9.79. The van der Waals surface area contributed by atoms with Crippen LogP contribution in [0.3, 0.4) is 0 Å². The van der Waals surface area contributed by atoms with Crippen molar-refractivity contribution >= 4 is 11.9 Å². The highest BCUT2D eigenvalue weighted by Crippen LogP contribution is 2.39. The fourth-order valence-electron chi connectivity index (χ4n) is 1.80. The van der Waals surface area contributed by atoms with Crippen molar-refractivity contribution in [3.05, 3.63) is 12.7 Å². The van der Waals surface area contributed by atoms with Gasteiger partial charge in [-0.3, -0.25) is 9.59 Å². The Labute approximate surface area is 77.8 Å². The first-order chi connectivity index (χ1) is 6.14. The average molecular weight is 182 g/mol. The number of carbonyl (C=O) groups excluding carboxylic acids is 2. The van der Waals surface area contributed by atoms with Gasteiger partial charge in [-0.1, -0.05) is 19.4 Å². The number of hydrogen-bond acceptors (Lipinski definition) is 3. The molecule has 0 aromatic carbocycles. The molecule has 0 bridgehead atoms. The topological polar surface area (TPSA) is 43.4 Å². The Bertz CT molecular complexity index is 245. The van der Waals surface area contributed by atoms with Crippen LogP contribution in [0.1, 0.15) is 32.6 Å². The molecule has 1 atom stereocenters. The molecular weight excluding hydrogens is 168 g/mol. The molecule has 1 aliphatic heterocycles. The lowest BCUT2D eigenvalue weighted by molar-refractivity contribution is -0.155. The predicted molar refractivity (Wildman–Crippen MR) is 47.9 cm³/mol. The molecule has 1 aliphatic rings. The van der Waals surface area contributed by atoms with Gasteiger partial charge >= 0.3 is 11.9 Å². The van der Waals surface area contributed by atoms with Gasteiger partial charge in [-0.05, 0) is 12.8 Å². The van der Waals surface area contributed by atoms with E-state index >= 15 is 0 Å². The molecule has 0 aromatic heterocycles. The minimum absolute atomic E-state index is 0.214. The maximum atomic E-state index is 11.4. The van der Waals surface area contributed by atoms with Gasteiger partial charge in [-0.15, -0.1) is 6.58 Å². The van der Waals surface area contributed by atoms with Crippen LogP contribution < -0.4 is 0 Å². The summed E-state index contributed by atoms with van der Waals surface area (Å²) in [5, 5.41) is 0. The Hall–Kier alpha value is -1.12. The van der Waals surface area contributed by atoms with Crippen LogP contribution in [0.15, 0.2) is 12.7 Å². The zero-order chi connectivity index (χ0) is 9.90. The Balaban J connectivity index is 2.82. The van der Waals surface area contributed by atoms with Crippen LogP contribution >= 0.6 is 0 Å². The predicted octanol–water partition coefficient (Wildman–Crippen LogP) is 1.82. The number of allylic oxidation sites excluding steroid dienone is 1. The highest BCUT2D eigenvalue weighted by molar-refractivity contribution is 5.97. The number of carbonyl (C=O) groups is 2. The molecule has 3 heteroatoms. The van der Waals surface area contributed by atoms with E-state index in [-0.39, 0.29) is 12.4 Å². The summed E-state index contributed by atoms with van der Waals surface area (Å²) in [6.45, 7) is 5.58. The van der Waals surface area contributed by atoms with E-state index in [1.807, 2.05) is 6.92 Å². The number of cyclic esters (lactones) is 2. The second kappa shape index (κ2) is 3.73. The number of rotatable bonds is 4. The van der Waals surface area contributed by atoms with E-state index in [0.29, 0.717) is 12.8 Å². The molecule has 0 N–H and O–H groups in total. The third kappa shape index (κ3) is 1.79. The van der Waals surface area contributed by atoms with Crippen LogP contribution in [0.4, 0.5) is 0 Å². The van der Waals surface area contributed by atoms with Gasteiger partial charge < -0.3 is 4.74 Å². The zero-order valence-corrected chi connectivity index (χ0v) is 7.84. The fraction of sp³-hybridized carbons (Fsp3) is 0.600. The summed E-state index contributed by atoms with van der Waals surface area (Å²) in [7, 11) is 0. The van der Waals surface area contributed by atoms with Crippen LogP contribution in [-0.2, 0) is 14.3 Å². The maximum absolute atomic E-state index is 11.4. The molecule has 72 valence electrons. The van der Waals surface area contributed by atoms with Crippen molar-refractivity contribution in [3.8, 4) is 0 Å². The highest BCUT2D eigenvalue weighted by Gasteiger charge is 2.47. The van der Waals surface area contributed by atoms with Gasteiger partial charge in [-0.2, -0.15) is 0 Å². The van der Waals surface area contributed by atoms with E-state index in [1.54, 1.807) is 6.08 Å². The molecule has 1 saturated heterocycles. The van der Waals surface area contributed by atoms with Gasteiger partial charge in [0.25, 0.3) is 0 Å². The van der Waals surface area contributed by atoms with Crippen LogP contribution in [0.25, 0.3) is 0 Å². The van der Waals surface area contributed by atoms with E-state index in [9.17, 15) is 9.59 Å². The number of ether oxygens (including phenoxy) is 1. The summed E-state index contributed by atoms with van der Waals surface area (Å²) in [5.41, 5.74) is -0.604. The van der Waals surface area contributed by atoms with E-state index in [4.69, 9.17) is 0 Å². The summed E-state index contributed by atoms with van der Waals surface area (Å²) in [6, 6.07) is 0. The first kappa shape index (κ1) is 9.96. The van der Waals surface area contributed by atoms with Crippen LogP contribution in [0.5, 0.6) is 0 Å². The lowest BCUT2D eigenvalue weighted by Gasteiger charge is -2.20. The molecule has 3 nitrogen and oxygen atoms in total. The van der Waals surface area contributed by atoms with Crippen molar-refractivity contribution in [2.45, 2.75) is 32.6 Å². The second-order valence-corrected chi connectivity index (χ2v) is 3.46. The van der Waals surface area contributed by atoms with Gasteiger partial charge in [0.1, 0.15) is 0 Å². The third-order valence-electron chi connectivity index (χ3n) is 2.39. The Kier molecular flexibility index (Phi) is 2.86. The highest BCUT2D eigenvalue weighted by atomic mass is 16.6. The van der Waals surface area contributed by atoms with E-state index < -0.39 is 11.4 Å². The molecule has 1 rings (SSSR count). The van der Waals surface area contributed by atoms with Crippen molar-refractivity contribution in [2.75, 3.05) is 0 Å². The second-order valence-electron chi connectivity index (χ2n) is 3.46. The molecule has 1 heterocycles. The summed E-state index contributed by atoms with van der Waals surface area (Å²) in [6.07, 6.45) is 3.99. The quantitative estimate of drug-likeness (QED) is 0.378. The standard InChI is InChI=1S/C10H14O3/c1-3-5-10(6-4-2)7-8(11)13-9(10)12/h3H,1,4-7H2,2H3. The lowest BCUT2D eigenvalue weighted by Crippen LogP contribution is -2.25. The molecule has 0 aromatic rings. The van der Waals surface area contributed by atoms with Crippen molar-refractivity contribution in [1.29, 1.82) is 0 Å². The SMILES string of the molecule is C=CCC1(CCC)CC(=O)OC1=O. The normalized spacial score (nSPS) is 27.5. The number of esters is 2. The largest absolute Gasteiger partial charge is 0.393 e. The van der Waals surface area contributed by atoms with Gasteiger partial charge in [0.2, 0.25) is 0 Å². The monoisotopic (exact) mass is 182 g/mol. The fourth-order valence-corrected chi connectivity index (χ4v) is 1.80. The molecule has 0 spiro atoms. The molecule has 0 aliphatic carbocycles. The molecule has 0 saturated carbocycles. The van der Waals surface area contributed by atoms with Gasteiger partial charge in [0.15, 0.2) is 0 Å². The summed E-state index contributed by atoms with van der Waals surface area (Å²) < 4.78 is 4.56. The Morgan fingerprint density at radius 2 is 2.31 bits per heavy atom. The Morgan fingerprint density at radius 1 is 1.62 bits per heavy atom. The molecule has 1 fully saturated rings. The van der Waals surface area contributed by atoms with Crippen LogP contribution in [-0.4, -0.2) is 11.9 Å². The van der Waals surface area contributed by atoms with Crippen molar-refractivity contribution in [3.63, 3.8) is 0 Å². The number of hydrogen-bond donors (Lipinski definition) is 0. The minimum Gasteiger partial charge on any atom is -0.393 e. The van der Waals surface area contributed by atoms with Gasteiger partial charge in [0, 0.05) is 0 Å². The first-order valence-electron chi connectivity index (χ1n) is 4.50. The third-order valence-corrected chi connectivity index (χ3v) is 2.39. The maximum Gasteiger partial charge on any atom is 0.320 e. The summed E-state index contributed by atoms with van der Waals surface area (Å²) in [5.74, 6) is -0.778. The molecule has 1 unspecified atom stereocenters. The molecule has 13 heavy (non-hydrogen) atoms. The van der Waals surface area contributed by atoms with Crippen molar-refractivity contribution in [2.24, 2.45) is 5.41 Å². The van der Waals surface area contributed by atoms with E-state index in [0.717, 1.165) is 6.42 Å². The summed E-state index contributed by atoms with van der Waals surface area (Å²) in [4.78, 5) is 22.3. The molecule has 0 radical (unpaired) electrons. The van der Waals surface area contributed by atoms with Crippen molar-refractivity contribution in [1.82, 2.24) is 0 Å². The zero-order valence-electron chi connectivity index (χ0n) is 7.84. The van der Waals surface area contributed by atoms with E-state index in [2.05, 4.69) is 11.3 Å². The molecule has 0 amide bonds. The van der Waals surface area contributed by atoms with Crippen LogP contribution in [0, 0.1) is 5.41 Å². The van der Waals surface area contributed by atoms with Gasteiger partial charge in [0.05, 0.1) is 11.8 Å². The summed E-state index contributed by atoms with van der Waals surface area (Å²) >= 11 is 0. The van der Waals surface area contributed by atoms with E-state index in [1.165, 1.54) is 0 Å². The Morgan fingerprint density at radius 3 is 2.69 bits per heavy atom. The average Bonchev–Trinajstić information content (AvgIpc) is 2.28. The van der Waals surface area contributed by atoms with Crippen LogP contribution in [0.2, 0.25) is 0 Å².